The smallest absolute Gasteiger partial charge is 0.368 e. The summed E-state index contributed by atoms with van der Waals surface area (Å²) in [6.45, 7) is 1.76. The van der Waals surface area contributed by atoms with Gasteiger partial charge in [0.15, 0.2) is 0 Å². The molecule has 0 saturated carbocycles. The Morgan fingerprint density at radius 3 is 2.85 bits per heavy atom. The van der Waals surface area contributed by atoms with Crippen LogP contribution in [0, 0.1) is 6.92 Å². The van der Waals surface area contributed by atoms with Crippen LogP contribution in [0.15, 0.2) is 16.1 Å². The van der Waals surface area contributed by atoms with E-state index in [0.29, 0.717) is 27.0 Å². The number of hydrogen-bond acceptors (Lipinski definition) is 2. The van der Waals surface area contributed by atoms with Crippen LogP contribution in [0.25, 0.3) is 0 Å². The Bertz CT molecular complexity index is 521. The van der Waals surface area contributed by atoms with Crippen molar-refractivity contribution >= 4 is 23.3 Å². The number of rotatable bonds is 0. The minimum atomic E-state index is -0.500. The molecule has 0 radical (unpaired) electrons. The minimum Gasteiger partial charge on any atom is -0.397 e. The summed E-state index contributed by atoms with van der Waals surface area (Å²) >= 11 is 5.81. The number of urea groups is 1. The summed E-state index contributed by atoms with van der Waals surface area (Å²) in [6, 6.07) is 1.05. The number of halogens is 1. The second-order valence-corrected chi connectivity index (χ2v) is 3.18. The Hall–Kier alpha value is -1.42. The average molecular weight is 196 g/mol. The third kappa shape index (κ3) is 1.10. The predicted molar refractivity (Wildman–Crippen MR) is 48.3 cm³/mol. The van der Waals surface area contributed by atoms with Gasteiger partial charge < -0.3 is 5.73 Å². The largest absolute Gasteiger partial charge is 0.397 e. The summed E-state index contributed by atoms with van der Waals surface area (Å²) < 4.78 is 0. The number of nitrogen functional groups attached to an aromatic ring is 1. The van der Waals surface area contributed by atoms with Crippen LogP contribution in [0.1, 0.15) is 5.56 Å². The topological polar surface area (TPSA) is 67.8 Å². The van der Waals surface area contributed by atoms with Crippen LogP contribution in [0.3, 0.4) is 0 Å². The minimum absolute atomic E-state index is 0.407. The highest BCUT2D eigenvalue weighted by molar-refractivity contribution is 6.33. The molecule has 0 spiro atoms. The molecule has 0 aliphatic carbocycles. The van der Waals surface area contributed by atoms with E-state index in [-0.39, 0.29) is 0 Å². The van der Waals surface area contributed by atoms with Crippen molar-refractivity contribution in [3.63, 3.8) is 0 Å². The average Bonchev–Trinajstić information content (AvgIpc) is 2.42. The summed E-state index contributed by atoms with van der Waals surface area (Å²) in [4.78, 5) is 18.2. The fourth-order valence-corrected chi connectivity index (χ4v) is 1.46. The van der Waals surface area contributed by atoms with Gasteiger partial charge in [-0.3, -0.25) is 0 Å². The van der Waals surface area contributed by atoms with Crippen molar-refractivity contribution in [2.24, 2.45) is 9.98 Å². The molecule has 66 valence electrons. The predicted octanol–water partition coefficient (Wildman–Crippen LogP) is 0.603. The second-order valence-electron chi connectivity index (χ2n) is 2.77. The van der Waals surface area contributed by atoms with Gasteiger partial charge >= 0.3 is 6.03 Å². The maximum absolute atomic E-state index is 10.9. The fourth-order valence-electron chi connectivity index (χ4n) is 1.21. The Morgan fingerprint density at radius 1 is 1.46 bits per heavy atom. The highest BCUT2D eigenvalue weighted by Gasteiger charge is 2.11. The molecule has 4 nitrogen and oxygen atoms in total. The van der Waals surface area contributed by atoms with Gasteiger partial charge in [-0.2, -0.15) is 9.98 Å². The van der Waals surface area contributed by atoms with E-state index in [1.54, 1.807) is 13.0 Å². The molecule has 2 N–H and O–H groups in total. The van der Waals surface area contributed by atoms with Gasteiger partial charge in [0, 0.05) is 5.56 Å². The first-order valence-corrected chi connectivity index (χ1v) is 4.03. The lowest BCUT2D eigenvalue weighted by Gasteiger charge is -1.99. The number of hydrogen-bond donors (Lipinski definition) is 1. The van der Waals surface area contributed by atoms with Crippen LogP contribution in [-0.4, -0.2) is 6.03 Å². The lowest BCUT2D eigenvalue weighted by Crippen LogP contribution is -2.26. The molecule has 0 bridgehead atoms. The van der Waals surface area contributed by atoms with Crippen molar-refractivity contribution in [2.75, 3.05) is 5.73 Å². The van der Waals surface area contributed by atoms with Crippen molar-refractivity contribution in [3.8, 4) is 0 Å². The van der Waals surface area contributed by atoms with E-state index in [1.165, 1.54) is 0 Å². The van der Waals surface area contributed by atoms with Crippen LogP contribution < -0.4 is 16.4 Å². The molecule has 1 aromatic rings. The van der Waals surface area contributed by atoms with Crippen LogP contribution in [-0.2, 0) is 0 Å². The van der Waals surface area contributed by atoms with Gasteiger partial charge in [-0.05, 0) is 13.0 Å². The first-order valence-electron chi connectivity index (χ1n) is 3.65. The molecule has 0 aromatic heterocycles. The Morgan fingerprint density at radius 2 is 2.15 bits per heavy atom. The monoisotopic (exact) mass is 195 g/mol. The number of nitrogens with two attached hydrogens (primary N) is 1. The molecular formula is C8H6ClN3O. The van der Waals surface area contributed by atoms with Crippen molar-refractivity contribution in [2.45, 2.75) is 6.92 Å². The number of carbonyl (C=O) groups is 1. The maximum atomic E-state index is 10.9. The third-order valence-corrected chi connectivity index (χ3v) is 2.26. The lowest BCUT2D eigenvalue weighted by atomic mass is 10.2. The van der Waals surface area contributed by atoms with Crippen LogP contribution in [0.4, 0.5) is 10.5 Å². The van der Waals surface area contributed by atoms with E-state index in [9.17, 15) is 4.79 Å². The SMILES string of the molecule is Cc1c(N)c(Cl)cc2c1=NC(=O)N=2. The molecular weight excluding hydrogens is 190 g/mol. The van der Waals surface area contributed by atoms with Gasteiger partial charge in [0.05, 0.1) is 21.4 Å². The van der Waals surface area contributed by atoms with Gasteiger partial charge in [-0.15, -0.1) is 0 Å². The zero-order valence-corrected chi connectivity index (χ0v) is 7.59. The molecule has 0 saturated heterocycles. The van der Waals surface area contributed by atoms with Crippen molar-refractivity contribution in [3.05, 3.63) is 27.4 Å². The van der Waals surface area contributed by atoms with Crippen LogP contribution in [0.5, 0.6) is 0 Å². The standard InChI is InChI=1S/C8H6ClN3O/c1-3-6(10)4(9)2-5-7(3)12-8(13)11-5/h2H,10H2,1H3. The van der Waals surface area contributed by atoms with E-state index in [2.05, 4.69) is 9.98 Å². The summed E-state index contributed by atoms with van der Waals surface area (Å²) in [5.41, 5.74) is 6.81. The molecule has 2 amide bonds. The number of amides is 2. The van der Waals surface area contributed by atoms with Crippen LogP contribution >= 0.6 is 11.6 Å². The first-order chi connectivity index (χ1) is 6.09. The lowest BCUT2D eigenvalue weighted by molar-refractivity contribution is 0.256. The summed E-state index contributed by atoms with van der Waals surface area (Å²) in [6.07, 6.45) is 0. The zero-order valence-electron chi connectivity index (χ0n) is 6.84. The van der Waals surface area contributed by atoms with Gasteiger partial charge in [-0.1, -0.05) is 11.6 Å². The molecule has 0 unspecified atom stereocenters. The molecule has 2 rings (SSSR count). The molecule has 13 heavy (non-hydrogen) atoms. The summed E-state index contributed by atoms with van der Waals surface area (Å²) in [5, 5.41) is 1.44. The van der Waals surface area contributed by atoms with E-state index in [1.807, 2.05) is 0 Å². The Kier molecular flexibility index (Phi) is 1.60. The maximum Gasteiger partial charge on any atom is 0.368 e. The third-order valence-electron chi connectivity index (χ3n) is 1.95. The highest BCUT2D eigenvalue weighted by atomic mass is 35.5. The molecule has 1 heterocycles. The first kappa shape index (κ1) is 8.19. The van der Waals surface area contributed by atoms with E-state index in [0.717, 1.165) is 0 Å². The fraction of sp³-hybridized carbons (Fsp3) is 0.125. The number of carbonyl (C=O) groups excluding carboxylic acids is 1. The summed E-state index contributed by atoms with van der Waals surface area (Å²) in [7, 11) is 0. The van der Waals surface area contributed by atoms with Crippen LogP contribution in [0.2, 0.25) is 5.02 Å². The van der Waals surface area contributed by atoms with E-state index < -0.39 is 6.03 Å². The van der Waals surface area contributed by atoms with Crippen molar-refractivity contribution in [1.29, 1.82) is 0 Å². The number of nitrogens with zero attached hydrogens (tertiary/aromatic N) is 2. The quantitative estimate of drug-likeness (QED) is 0.616. The molecule has 1 aliphatic rings. The summed E-state index contributed by atoms with van der Waals surface area (Å²) in [5.74, 6) is 0. The van der Waals surface area contributed by atoms with Gasteiger partial charge in [0.2, 0.25) is 0 Å². The number of benzene rings is 1. The number of fused-ring (bicyclic) bond motifs is 1. The number of anilines is 1. The molecule has 0 fully saturated rings. The Labute approximate surface area is 78.8 Å². The molecule has 1 aliphatic heterocycles. The molecule has 5 heteroatoms. The Balaban J connectivity index is 2.98. The van der Waals surface area contributed by atoms with Gasteiger partial charge in [0.1, 0.15) is 0 Å². The highest BCUT2D eigenvalue weighted by Crippen LogP contribution is 2.17. The van der Waals surface area contributed by atoms with Gasteiger partial charge in [0.25, 0.3) is 0 Å². The molecule has 1 aromatic carbocycles. The molecule has 0 atom stereocenters. The zero-order chi connectivity index (χ0) is 9.59. The van der Waals surface area contributed by atoms with E-state index in [4.69, 9.17) is 17.3 Å². The van der Waals surface area contributed by atoms with E-state index >= 15 is 0 Å². The van der Waals surface area contributed by atoms with Crippen molar-refractivity contribution in [1.82, 2.24) is 0 Å². The normalized spacial score (nSPS) is 13.5. The van der Waals surface area contributed by atoms with Gasteiger partial charge in [-0.25, -0.2) is 4.79 Å². The van der Waals surface area contributed by atoms with Crippen molar-refractivity contribution < 1.29 is 4.79 Å². The second kappa shape index (κ2) is 2.53.